The molecule has 2 aliphatic rings. The molecule has 6 nitrogen and oxygen atoms in total. The molecule has 2 unspecified atom stereocenters. The zero-order valence-corrected chi connectivity index (χ0v) is 17.8. The van der Waals surface area contributed by atoms with Gasteiger partial charge in [-0.3, -0.25) is 10.3 Å². The first-order valence-corrected chi connectivity index (χ1v) is 10.4. The monoisotopic (exact) mass is 364 g/mol. The minimum atomic E-state index is 0.221. The first kappa shape index (κ1) is 21.2. The predicted octanol–water partition coefficient (Wildman–Crippen LogP) is 2.32. The number of guanidine groups is 1. The summed E-state index contributed by atoms with van der Waals surface area (Å²) in [5.41, 5.74) is 0.221. The van der Waals surface area contributed by atoms with Crippen molar-refractivity contribution in [3.63, 3.8) is 0 Å². The van der Waals surface area contributed by atoms with Crippen LogP contribution in [0.25, 0.3) is 0 Å². The van der Waals surface area contributed by atoms with E-state index in [0.717, 1.165) is 64.6 Å². The van der Waals surface area contributed by atoms with Gasteiger partial charge in [0.25, 0.3) is 0 Å². The Morgan fingerprint density at radius 3 is 2.08 bits per heavy atom. The van der Waals surface area contributed by atoms with Crippen molar-refractivity contribution in [2.75, 3.05) is 52.4 Å². The molecule has 2 aliphatic heterocycles. The summed E-state index contributed by atoms with van der Waals surface area (Å²) < 4.78 is 0. The fraction of sp³-hybridized carbons (Fsp3) is 0.900. The second-order valence-corrected chi connectivity index (χ2v) is 8.85. The lowest BCUT2D eigenvalue weighted by atomic mass is 9.91. The largest absolute Gasteiger partial charge is 0.357 e. The van der Waals surface area contributed by atoms with Crippen LogP contribution in [0.2, 0.25) is 0 Å². The molecule has 150 valence electrons. The Morgan fingerprint density at radius 1 is 1.00 bits per heavy atom. The Kier molecular flexibility index (Phi) is 7.47. The van der Waals surface area contributed by atoms with Crippen molar-refractivity contribution in [1.29, 1.82) is 5.41 Å². The smallest absolute Gasteiger partial charge is 0.219 e. The van der Waals surface area contributed by atoms with Crippen LogP contribution in [0.3, 0.4) is 0 Å². The third kappa shape index (κ3) is 5.43. The zero-order valence-electron chi connectivity index (χ0n) is 17.8. The van der Waals surface area contributed by atoms with Crippen LogP contribution in [-0.2, 0) is 0 Å². The Labute approximate surface area is 160 Å². The van der Waals surface area contributed by atoms with Crippen molar-refractivity contribution in [1.82, 2.24) is 20.0 Å². The van der Waals surface area contributed by atoms with Crippen molar-refractivity contribution in [2.45, 2.75) is 53.5 Å². The van der Waals surface area contributed by atoms with Crippen LogP contribution in [0, 0.1) is 17.2 Å². The maximum absolute atomic E-state index is 8.54. The lowest BCUT2D eigenvalue weighted by molar-refractivity contribution is 0.0859. The van der Waals surface area contributed by atoms with Crippen LogP contribution in [0.15, 0.2) is 4.99 Å². The molecule has 0 spiro atoms. The third-order valence-electron chi connectivity index (χ3n) is 6.09. The van der Waals surface area contributed by atoms with E-state index in [1.165, 1.54) is 0 Å². The van der Waals surface area contributed by atoms with Gasteiger partial charge in [0.2, 0.25) is 5.96 Å². The number of nitrogens with one attached hydrogen (secondary N) is 2. The molecule has 6 heteroatoms. The van der Waals surface area contributed by atoms with Crippen molar-refractivity contribution in [3.8, 4) is 0 Å². The normalized spacial score (nSPS) is 23.1. The highest BCUT2D eigenvalue weighted by atomic mass is 15.3. The maximum atomic E-state index is 8.54. The van der Waals surface area contributed by atoms with Gasteiger partial charge in [0.1, 0.15) is 5.84 Å². The fourth-order valence-electron chi connectivity index (χ4n) is 3.73. The highest BCUT2D eigenvalue weighted by Crippen LogP contribution is 2.22. The lowest BCUT2D eigenvalue weighted by Gasteiger charge is -2.44. The first-order valence-electron chi connectivity index (χ1n) is 10.4. The van der Waals surface area contributed by atoms with Gasteiger partial charge >= 0.3 is 0 Å². The standard InChI is InChI=1S/C20H40N6/c1-7-16(2)17(3)18(23-19(21)25-10-8-22-9-11-25)24-12-14-26(15-13-24)20(4,5)6/h16-17,21-22H,7-15H2,1-6H3/b21-19?,23-18+. The van der Waals surface area contributed by atoms with Gasteiger partial charge in [-0.25, -0.2) is 4.99 Å². The van der Waals surface area contributed by atoms with E-state index in [1.807, 2.05) is 0 Å². The van der Waals surface area contributed by atoms with Gasteiger partial charge in [0.15, 0.2) is 0 Å². The topological polar surface area (TPSA) is 58.0 Å². The number of hydrogen-bond donors (Lipinski definition) is 2. The molecule has 0 aromatic rings. The van der Waals surface area contributed by atoms with Gasteiger partial charge in [-0.15, -0.1) is 0 Å². The Bertz CT molecular complexity index is 481. The molecular weight excluding hydrogens is 324 g/mol. The maximum Gasteiger partial charge on any atom is 0.219 e. The quantitative estimate of drug-likeness (QED) is 0.596. The van der Waals surface area contributed by atoms with Crippen LogP contribution in [0.1, 0.15) is 48.0 Å². The van der Waals surface area contributed by atoms with Crippen LogP contribution in [0.5, 0.6) is 0 Å². The predicted molar refractivity (Wildman–Crippen MR) is 111 cm³/mol. The van der Waals surface area contributed by atoms with Gasteiger partial charge in [-0.1, -0.05) is 27.2 Å². The molecule has 0 aromatic carbocycles. The second-order valence-electron chi connectivity index (χ2n) is 8.85. The first-order chi connectivity index (χ1) is 12.2. The van der Waals surface area contributed by atoms with Crippen LogP contribution < -0.4 is 5.32 Å². The van der Waals surface area contributed by atoms with Crippen LogP contribution >= 0.6 is 0 Å². The molecule has 0 bridgehead atoms. The van der Waals surface area contributed by atoms with E-state index in [4.69, 9.17) is 10.4 Å². The summed E-state index contributed by atoms with van der Waals surface area (Å²) in [6, 6.07) is 0. The minimum Gasteiger partial charge on any atom is -0.357 e. The average Bonchev–Trinajstić information content (AvgIpc) is 2.64. The molecule has 2 saturated heterocycles. The molecule has 26 heavy (non-hydrogen) atoms. The molecule has 0 saturated carbocycles. The molecule has 0 radical (unpaired) electrons. The molecule has 0 aromatic heterocycles. The van der Waals surface area contributed by atoms with Gasteiger partial charge in [-0.2, -0.15) is 0 Å². The number of aliphatic imine (C=N–C) groups is 1. The fourth-order valence-corrected chi connectivity index (χ4v) is 3.73. The van der Waals surface area contributed by atoms with Gasteiger partial charge in [-0.05, 0) is 26.7 Å². The van der Waals surface area contributed by atoms with Gasteiger partial charge in [0, 0.05) is 63.8 Å². The number of nitrogens with zero attached hydrogens (tertiary/aromatic N) is 4. The lowest BCUT2D eigenvalue weighted by Crippen LogP contribution is -2.56. The number of amidine groups is 1. The van der Waals surface area contributed by atoms with Crippen molar-refractivity contribution in [3.05, 3.63) is 0 Å². The Morgan fingerprint density at radius 2 is 1.58 bits per heavy atom. The Balaban J connectivity index is 2.13. The average molecular weight is 365 g/mol. The second kappa shape index (κ2) is 9.18. The van der Waals surface area contributed by atoms with E-state index in [9.17, 15) is 0 Å². The SMILES string of the molecule is CCC(C)C(C)/C(=N\C(=N)N1CCNCC1)N1CCN(C(C)(C)C)CC1. The van der Waals surface area contributed by atoms with E-state index in [0.29, 0.717) is 17.8 Å². The van der Waals surface area contributed by atoms with Crippen molar-refractivity contribution < 1.29 is 0 Å². The van der Waals surface area contributed by atoms with Gasteiger partial charge in [0.05, 0.1) is 0 Å². The minimum absolute atomic E-state index is 0.221. The third-order valence-corrected chi connectivity index (χ3v) is 6.09. The highest BCUT2D eigenvalue weighted by molar-refractivity contribution is 5.96. The van der Waals surface area contributed by atoms with Gasteiger partial charge < -0.3 is 15.1 Å². The summed E-state index contributed by atoms with van der Waals surface area (Å²) >= 11 is 0. The number of piperazine rings is 2. The summed E-state index contributed by atoms with van der Waals surface area (Å²) in [6.07, 6.45) is 1.14. The summed E-state index contributed by atoms with van der Waals surface area (Å²) in [6.45, 7) is 21.5. The van der Waals surface area contributed by atoms with Crippen LogP contribution in [0.4, 0.5) is 0 Å². The molecule has 2 atom stereocenters. The van der Waals surface area contributed by atoms with Crippen LogP contribution in [-0.4, -0.2) is 84.4 Å². The molecule has 2 fully saturated rings. The molecule has 0 amide bonds. The van der Waals surface area contributed by atoms with E-state index in [-0.39, 0.29) is 5.54 Å². The molecule has 0 aliphatic carbocycles. The molecule has 2 rings (SSSR count). The number of hydrogen-bond acceptors (Lipinski definition) is 3. The zero-order chi connectivity index (χ0) is 19.3. The summed E-state index contributed by atoms with van der Waals surface area (Å²) in [5, 5.41) is 11.9. The molecule has 2 N–H and O–H groups in total. The summed E-state index contributed by atoms with van der Waals surface area (Å²) in [7, 11) is 0. The summed E-state index contributed by atoms with van der Waals surface area (Å²) in [5.74, 6) is 2.51. The van der Waals surface area contributed by atoms with E-state index in [1.54, 1.807) is 0 Å². The summed E-state index contributed by atoms with van der Waals surface area (Å²) in [4.78, 5) is 12.0. The highest BCUT2D eigenvalue weighted by Gasteiger charge is 2.30. The van der Waals surface area contributed by atoms with E-state index in [2.05, 4.69) is 61.6 Å². The molecular formula is C20H40N6. The molecule has 2 heterocycles. The van der Waals surface area contributed by atoms with E-state index < -0.39 is 0 Å². The number of rotatable bonds is 3. The Hall–Kier alpha value is -1.14. The van der Waals surface area contributed by atoms with Crippen molar-refractivity contribution in [2.24, 2.45) is 16.8 Å². The van der Waals surface area contributed by atoms with Crippen molar-refractivity contribution >= 4 is 11.8 Å². The van der Waals surface area contributed by atoms with E-state index >= 15 is 0 Å².